The maximum Gasteiger partial charge on any atom is 0.130 e. The van der Waals surface area contributed by atoms with Crippen LogP contribution in [0.15, 0.2) is 12.1 Å². The summed E-state index contributed by atoms with van der Waals surface area (Å²) < 4.78 is 13.8. The second-order valence-corrected chi connectivity index (χ2v) is 4.72. The van der Waals surface area contributed by atoms with Crippen LogP contribution in [0.4, 0.5) is 4.39 Å². The first-order valence-electron chi connectivity index (χ1n) is 5.44. The molecule has 0 aliphatic rings. The lowest BCUT2D eigenvalue weighted by atomic mass is 9.94. The molecular weight excluding hydrogens is 189 g/mol. The van der Waals surface area contributed by atoms with Gasteiger partial charge in [0.25, 0.3) is 0 Å². The summed E-state index contributed by atoms with van der Waals surface area (Å²) >= 11 is 0. The van der Waals surface area contributed by atoms with E-state index in [1.807, 2.05) is 19.1 Å². The highest BCUT2D eigenvalue weighted by Gasteiger charge is 2.14. The van der Waals surface area contributed by atoms with E-state index < -0.39 is 0 Å². The minimum Gasteiger partial charge on any atom is -0.324 e. The quantitative estimate of drug-likeness (QED) is 0.810. The molecule has 0 fully saturated rings. The van der Waals surface area contributed by atoms with Gasteiger partial charge in [-0.05, 0) is 31.7 Å². The third kappa shape index (κ3) is 3.03. The third-order valence-electron chi connectivity index (χ3n) is 2.55. The number of nitrogens with two attached hydrogens (primary N) is 1. The summed E-state index contributed by atoms with van der Waals surface area (Å²) in [5, 5.41) is 0. The summed E-state index contributed by atoms with van der Waals surface area (Å²) in [6.07, 6.45) is 0.819. The molecule has 0 saturated heterocycles. The molecule has 0 spiro atoms. The maximum absolute atomic E-state index is 13.8. The minimum atomic E-state index is -0.191. The molecular formula is C13H20FN. The first kappa shape index (κ1) is 12.2. The van der Waals surface area contributed by atoms with Crippen molar-refractivity contribution in [3.05, 3.63) is 34.6 Å². The Bertz CT molecular complexity index is 345. The highest BCUT2D eigenvalue weighted by molar-refractivity contribution is 5.32. The highest BCUT2D eigenvalue weighted by Crippen LogP contribution is 2.24. The molecule has 0 aliphatic heterocycles. The third-order valence-corrected chi connectivity index (χ3v) is 2.55. The zero-order chi connectivity index (χ0) is 11.6. The molecule has 1 unspecified atom stereocenters. The number of halogens is 1. The van der Waals surface area contributed by atoms with Gasteiger partial charge in [0.05, 0.1) is 0 Å². The van der Waals surface area contributed by atoms with E-state index >= 15 is 0 Å². The Kier molecular flexibility index (Phi) is 3.86. The fourth-order valence-corrected chi connectivity index (χ4v) is 1.89. The van der Waals surface area contributed by atoms with Crippen LogP contribution in [0.3, 0.4) is 0 Å². The highest BCUT2D eigenvalue weighted by atomic mass is 19.1. The normalized spacial score (nSPS) is 13.3. The predicted molar refractivity (Wildman–Crippen MR) is 62.3 cm³/mol. The van der Waals surface area contributed by atoms with Crippen molar-refractivity contribution in [1.82, 2.24) is 0 Å². The van der Waals surface area contributed by atoms with Crippen LogP contribution in [-0.4, -0.2) is 0 Å². The molecule has 0 aromatic heterocycles. The number of hydrogen-bond acceptors (Lipinski definition) is 1. The zero-order valence-corrected chi connectivity index (χ0v) is 9.97. The minimum absolute atomic E-state index is 0.145. The topological polar surface area (TPSA) is 26.0 Å². The smallest absolute Gasteiger partial charge is 0.130 e. The largest absolute Gasteiger partial charge is 0.324 e. The van der Waals surface area contributed by atoms with Crippen LogP contribution in [-0.2, 0) is 0 Å². The van der Waals surface area contributed by atoms with Gasteiger partial charge in [-0.15, -0.1) is 0 Å². The average Bonchev–Trinajstić information content (AvgIpc) is 2.09. The van der Waals surface area contributed by atoms with Gasteiger partial charge in [0.15, 0.2) is 0 Å². The molecule has 84 valence electrons. The van der Waals surface area contributed by atoms with E-state index in [-0.39, 0.29) is 11.9 Å². The van der Waals surface area contributed by atoms with Crippen molar-refractivity contribution >= 4 is 0 Å². The molecule has 0 saturated carbocycles. The number of aryl methyl sites for hydroxylation is 2. The molecule has 15 heavy (non-hydrogen) atoms. The summed E-state index contributed by atoms with van der Waals surface area (Å²) in [6.45, 7) is 7.95. The van der Waals surface area contributed by atoms with E-state index in [0.29, 0.717) is 17.0 Å². The first-order chi connectivity index (χ1) is 6.91. The lowest BCUT2D eigenvalue weighted by Crippen LogP contribution is -2.15. The second kappa shape index (κ2) is 4.75. The summed E-state index contributed by atoms with van der Waals surface area (Å²) in [7, 11) is 0. The Labute approximate surface area is 91.5 Å². The van der Waals surface area contributed by atoms with Crippen LogP contribution >= 0.6 is 0 Å². The fourth-order valence-electron chi connectivity index (χ4n) is 1.89. The van der Waals surface area contributed by atoms with Crippen LogP contribution in [0, 0.1) is 25.6 Å². The van der Waals surface area contributed by atoms with Gasteiger partial charge in [0, 0.05) is 11.6 Å². The average molecular weight is 209 g/mol. The lowest BCUT2D eigenvalue weighted by molar-refractivity contribution is 0.487. The van der Waals surface area contributed by atoms with Gasteiger partial charge in [-0.1, -0.05) is 31.5 Å². The molecule has 0 aliphatic carbocycles. The monoisotopic (exact) mass is 209 g/mol. The molecule has 0 bridgehead atoms. The van der Waals surface area contributed by atoms with Crippen LogP contribution in [0.2, 0.25) is 0 Å². The van der Waals surface area contributed by atoms with E-state index in [0.717, 1.165) is 12.0 Å². The van der Waals surface area contributed by atoms with Crippen molar-refractivity contribution in [3.8, 4) is 0 Å². The van der Waals surface area contributed by atoms with Gasteiger partial charge >= 0.3 is 0 Å². The summed E-state index contributed by atoms with van der Waals surface area (Å²) in [6, 6.07) is 3.51. The van der Waals surface area contributed by atoms with Crippen molar-refractivity contribution < 1.29 is 4.39 Å². The van der Waals surface area contributed by atoms with E-state index in [1.54, 1.807) is 6.92 Å². The lowest BCUT2D eigenvalue weighted by Gasteiger charge is -2.17. The van der Waals surface area contributed by atoms with Crippen molar-refractivity contribution in [2.45, 2.75) is 40.2 Å². The van der Waals surface area contributed by atoms with Gasteiger partial charge in [-0.25, -0.2) is 4.39 Å². The van der Waals surface area contributed by atoms with Crippen LogP contribution in [0.1, 0.15) is 43.0 Å². The Morgan fingerprint density at radius 2 is 1.87 bits per heavy atom. The molecule has 1 rings (SSSR count). The predicted octanol–water partition coefficient (Wildman–Crippen LogP) is 3.49. The summed E-state index contributed by atoms with van der Waals surface area (Å²) in [5.41, 5.74) is 8.41. The van der Waals surface area contributed by atoms with E-state index in [1.165, 1.54) is 0 Å². The van der Waals surface area contributed by atoms with E-state index in [2.05, 4.69) is 13.8 Å². The van der Waals surface area contributed by atoms with Gasteiger partial charge in [-0.3, -0.25) is 0 Å². The fraction of sp³-hybridized carbons (Fsp3) is 0.538. The number of rotatable bonds is 3. The molecule has 1 aromatic carbocycles. The number of hydrogen-bond donors (Lipinski definition) is 1. The molecule has 1 atom stereocenters. The van der Waals surface area contributed by atoms with Gasteiger partial charge < -0.3 is 5.73 Å². The van der Waals surface area contributed by atoms with E-state index in [9.17, 15) is 4.39 Å². The van der Waals surface area contributed by atoms with Crippen molar-refractivity contribution in [2.75, 3.05) is 0 Å². The maximum atomic E-state index is 13.8. The summed E-state index contributed by atoms with van der Waals surface area (Å²) in [4.78, 5) is 0. The van der Waals surface area contributed by atoms with Gasteiger partial charge in [0.1, 0.15) is 5.82 Å². The molecule has 1 nitrogen and oxygen atoms in total. The van der Waals surface area contributed by atoms with Crippen LogP contribution in [0.5, 0.6) is 0 Å². The standard InChI is InChI=1S/C13H20FN/c1-8(2)5-12(15)11-7-9(3)6-10(4)13(11)14/h6-8,12H,5,15H2,1-4H3. The molecule has 0 heterocycles. The molecule has 2 heteroatoms. The Morgan fingerprint density at radius 1 is 1.27 bits per heavy atom. The Hall–Kier alpha value is -0.890. The first-order valence-corrected chi connectivity index (χ1v) is 5.44. The van der Waals surface area contributed by atoms with Gasteiger partial charge in [0.2, 0.25) is 0 Å². The Morgan fingerprint density at radius 3 is 2.40 bits per heavy atom. The van der Waals surface area contributed by atoms with E-state index in [4.69, 9.17) is 5.73 Å². The molecule has 0 radical (unpaired) electrons. The Balaban J connectivity index is 3.02. The summed E-state index contributed by atoms with van der Waals surface area (Å²) in [5.74, 6) is 0.342. The van der Waals surface area contributed by atoms with Crippen LogP contribution < -0.4 is 5.73 Å². The SMILES string of the molecule is Cc1cc(C)c(F)c(C(N)CC(C)C)c1. The second-order valence-electron chi connectivity index (χ2n) is 4.72. The number of benzene rings is 1. The molecule has 1 aromatic rings. The van der Waals surface area contributed by atoms with Gasteiger partial charge in [-0.2, -0.15) is 0 Å². The van der Waals surface area contributed by atoms with Crippen LogP contribution in [0.25, 0.3) is 0 Å². The van der Waals surface area contributed by atoms with Crippen molar-refractivity contribution in [1.29, 1.82) is 0 Å². The van der Waals surface area contributed by atoms with Crippen molar-refractivity contribution in [3.63, 3.8) is 0 Å². The molecule has 2 N–H and O–H groups in total. The zero-order valence-electron chi connectivity index (χ0n) is 9.97. The van der Waals surface area contributed by atoms with Crippen molar-refractivity contribution in [2.24, 2.45) is 11.7 Å². The molecule has 0 amide bonds.